The summed E-state index contributed by atoms with van der Waals surface area (Å²) in [6, 6.07) is 14.0. The summed E-state index contributed by atoms with van der Waals surface area (Å²) in [5.74, 6) is -1.53. The van der Waals surface area contributed by atoms with Crippen molar-refractivity contribution in [3.05, 3.63) is 78.1 Å². The molecule has 0 heterocycles. The maximum absolute atomic E-state index is 12.9. The van der Waals surface area contributed by atoms with E-state index in [2.05, 4.69) is 5.32 Å². The molecular formula is C18H16FNO3. The summed E-state index contributed by atoms with van der Waals surface area (Å²) < 4.78 is 18.1. The fourth-order valence-corrected chi connectivity index (χ4v) is 1.93. The van der Waals surface area contributed by atoms with Crippen LogP contribution in [-0.4, -0.2) is 11.9 Å². The fourth-order valence-electron chi connectivity index (χ4n) is 1.93. The van der Waals surface area contributed by atoms with Crippen molar-refractivity contribution in [2.24, 2.45) is 0 Å². The topological polar surface area (TPSA) is 55.4 Å². The summed E-state index contributed by atoms with van der Waals surface area (Å²) in [7, 11) is 0. The number of carbonyl (C=O) groups is 2. The van der Waals surface area contributed by atoms with Gasteiger partial charge in [0.25, 0.3) is 5.91 Å². The van der Waals surface area contributed by atoms with Crippen molar-refractivity contribution in [3.63, 3.8) is 0 Å². The van der Waals surface area contributed by atoms with Gasteiger partial charge in [0.05, 0.1) is 0 Å². The minimum absolute atomic E-state index is 0.401. The molecule has 0 unspecified atom stereocenters. The molecule has 2 aromatic carbocycles. The second-order valence-corrected chi connectivity index (χ2v) is 4.72. The molecule has 0 aromatic heterocycles. The third kappa shape index (κ3) is 4.78. The van der Waals surface area contributed by atoms with E-state index in [1.807, 2.05) is 0 Å². The predicted molar refractivity (Wildman–Crippen MR) is 85.1 cm³/mol. The summed E-state index contributed by atoms with van der Waals surface area (Å²) in [4.78, 5) is 24.1. The molecule has 0 saturated heterocycles. The van der Waals surface area contributed by atoms with Gasteiger partial charge in [-0.15, -0.1) is 0 Å². The highest BCUT2D eigenvalue weighted by atomic mass is 19.1. The number of amides is 1. The lowest BCUT2D eigenvalue weighted by atomic mass is 10.1. The van der Waals surface area contributed by atoms with E-state index in [0.29, 0.717) is 11.3 Å². The lowest BCUT2D eigenvalue weighted by Gasteiger charge is -2.17. The summed E-state index contributed by atoms with van der Waals surface area (Å²) in [5, 5.41) is 2.61. The Kier molecular flexibility index (Phi) is 5.63. The van der Waals surface area contributed by atoms with Crippen LogP contribution in [0.25, 0.3) is 0 Å². The first-order valence-electron chi connectivity index (χ1n) is 7.05. The molecule has 2 aromatic rings. The van der Waals surface area contributed by atoms with Crippen molar-refractivity contribution >= 4 is 17.6 Å². The molecule has 0 saturated carbocycles. The molecule has 0 radical (unpaired) electrons. The Morgan fingerprint density at radius 1 is 1.09 bits per heavy atom. The summed E-state index contributed by atoms with van der Waals surface area (Å²) in [6.07, 6.45) is 1.67. The number of halogens is 1. The van der Waals surface area contributed by atoms with E-state index in [4.69, 9.17) is 4.74 Å². The van der Waals surface area contributed by atoms with Gasteiger partial charge in [-0.2, -0.15) is 0 Å². The Labute approximate surface area is 133 Å². The van der Waals surface area contributed by atoms with Gasteiger partial charge >= 0.3 is 5.97 Å². The molecule has 4 nitrogen and oxygen atoms in total. The number of anilines is 1. The first-order chi connectivity index (χ1) is 11.1. The van der Waals surface area contributed by atoms with Crippen molar-refractivity contribution in [3.8, 4) is 0 Å². The van der Waals surface area contributed by atoms with Gasteiger partial charge in [0.1, 0.15) is 5.82 Å². The van der Waals surface area contributed by atoms with Gasteiger partial charge in [-0.1, -0.05) is 36.4 Å². The number of carbonyl (C=O) groups excluding carboxylic acids is 2. The van der Waals surface area contributed by atoms with Gasteiger partial charge < -0.3 is 10.1 Å². The second kappa shape index (κ2) is 7.89. The molecule has 1 N–H and O–H groups in total. The minimum Gasteiger partial charge on any atom is -0.444 e. The SMILES string of the molecule is C/C=C\C(=O)O[C@@H](C(=O)Nc1ccc(F)cc1)c1ccccc1. The number of allylic oxidation sites excluding steroid dienone is 1. The average molecular weight is 313 g/mol. The Bertz CT molecular complexity index is 696. The third-order valence-corrected chi connectivity index (χ3v) is 2.99. The number of hydrogen-bond donors (Lipinski definition) is 1. The van der Waals surface area contributed by atoms with Gasteiger partial charge in [0.2, 0.25) is 6.10 Å². The van der Waals surface area contributed by atoms with Gasteiger partial charge in [0, 0.05) is 17.3 Å². The average Bonchev–Trinajstić information content (AvgIpc) is 2.56. The maximum Gasteiger partial charge on any atom is 0.331 e. The van der Waals surface area contributed by atoms with E-state index < -0.39 is 23.8 Å². The Balaban J connectivity index is 2.20. The van der Waals surface area contributed by atoms with E-state index >= 15 is 0 Å². The van der Waals surface area contributed by atoms with E-state index in [0.717, 1.165) is 0 Å². The highest BCUT2D eigenvalue weighted by molar-refractivity contribution is 5.96. The van der Waals surface area contributed by atoms with Crippen molar-refractivity contribution in [1.82, 2.24) is 0 Å². The van der Waals surface area contributed by atoms with Crippen LogP contribution in [0.1, 0.15) is 18.6 Å². The van der Waals surface area contributed by atoms with Crippen molar-refractivity contribution in [2.75, 3.05) is 5.32 Å². The first kappa shape index (κ1) is 16.4. The van der Waals surface area contributed by atoms with E-state index in [1.165, 1.54) is 36.4 Å². The smallest absolute Gasteiger partial charge is 0.331 e. The van der Waals surface area contributed by atoms with Crippen LogP contribution < -0.4 is 5.32 Å². The van der Waals surface area contributed by atoms with Crippen molar-refractivity contribution in [2.45, 2.75) is 13.0 Å². The molecule has 1 amide bonds. The van der Waals surface area contributed by atoms with Crippen molar-refractivity contribution < 1.29 is 18.7 Å². The summed E-state index contributed by atoms with van der Waals surface area (Å²) in [5.41, 5.74) is 0.962. The molecule has 0 aliphatic heterocycles. The molecule has 23 heavy (non-hydrogen) atoms. The van der Waals surface area contributed by atoms with Crippen LogP contribution in [0.5, 0.6) is 0 Å². The summed E-state index contributed by atoms with van der Waals surface area (Å²) in [6.45, 7) is 1.68. The molecular weight excluding hydrogens is 297 g/mol. The Morgan fingerprint density at radius 2 is 1.74 bits per heavy atom. The van der Waals surface area contributed by atoms with Crippen LogP contribution in [0.2, 0.25) is 0 Å². The van der Waals surface area contributed by atoms with Gasteiger partial charge in [0.15, 0.2) is 0 Å². The Morgan fingerprint density at radius 3 is 2.35 bits per heavy atom. The second-order valence-electron chi connectivity index (χ2n) is 4.72. The quantitative estimate of drug-likeness (QED) is 0.677. The van der Waals surface area contributed by atoms with Gasteiger partial charge in [-0.25, -0.2) is 9.18 Å². The number of ether oxygens (including phenoxy) is 1. The van der Waals surface area contributed by atoms with E-state index in [1.54, 1.807) is 37.3 Å². The molecule has 1 atom stereocenters. The van der Waals surface area contributed by atoms with Crippen LogP contribution in [0, 0.1) is 5.82 Å². The van der Waals surface area contributed by atoms with Crippen LogP contribution >= 0.6 is 0 Å². The van der Waals surface area contributed by atoms with Gasteiger partial charge in [-0.3, -0.25) is 4.79 Å². The van der Waals surface area contributed by atoms with Crippen LogP contribution in [0.15, 0.2) is 66.7 Å². The number of esters is 1. The Hall–Kier alpha value is -2.95. The lowest BCUT2D eigenvalue weighted by Crippen LogP contribution is -2.25. The zero-order valence-corrected chi connectivity index (χ0v) is 12.5. The fraction of sp³-hybridized carbons (Fsp3) is 0.111. The lowest BCUT2D eigenvalue weighted by molar-refractivity contribution is -0.149. The number of hydrogen-bond acceptors (Lipinski definition) is 3. The predicted octanol–water partition coefficient (Wildman–Crippen LogP) is 3.62. The van der Waals surface area contributed by atoms with E-state index in [-0.39, 0.29) is 0 Å². The largest absolute Gasteiger partial charge is 0.444 e. The first-order valence-corrected chi connectivity index (χ1v) is 7.05. The molecule has 118 valence electrons. The molecule has 0 aliphatic rings. The maximum atomic E-state index is 12.9. The molecule has 0 fully saturated rings. The zero-order valence-electron chi connectivity index (χ0n) is 12.5. The number of rotatable bonds is 5. The molecule has 5 heteroatoms. The van der Waals surface area contributed by atoms with Gasteiger partial charge in [-0.05, 0) is 31.2 Å². The molecule has 0 aliphatic carbocycles. The normalized spacial score (nSPS) is 11.9. The monoisotopic (exact) mass is 313 g/mol. The van der Waals surface area contributed by atoms with Crippen molar-refractivity contribution in [1.29, 1.82) is 0 Å². The zero-order chi connectivity index (χ0) is 16.7. The number of nitrogens with one attached hydrogen (secondary N) is 1. The molecule has 2 rings (SSSR count). The molecule has 0 bridgehead atoms. The van der Waals surface area contributed by atoms with Crippen LogP contribution in [0.3, 0.4) is 0 Å². The third-order valence-electron chi connectivity index (χ3n) is 2.99. The number of benzene rings is 2. The van der Waals surface area contributed by atoms with Crippen LogP contribution in [-0.2, 0) is 14.3 Å². The highest BCUT2D eigenvalue weighted by Crippen LogP contribution is 2.20. The highest BCUT2D eigenvalue weighted by Gasteiger charge is 2.24. The minimum atomic E-state index is -1.09. The molecule has 0 spiro atoms. The standard InChI is InChI=1S/C18H16FNO3/c1-2-6-16(21)23-17(13-7-4-3-5-8-13)18(22)20-15-11-9-14(19)10-12-15/h2-12,17H,1H3,(H,20,22)/b6-2-/t17-/m1/s1. The summed E-state index contributed by atoms with van der Waals surface area (Å²) >= 11 is 0. The van der Waals surface area contributed by atoms with E-state index in [9.17, 15) is 14.0 Å². The van der Waals surface area contributed by atoms with Crippen LogP contribution in [0.4, 0.5) is 10.1 Å².